The van der Waals surface area contributed by atoms with Crippen LogP contribution < -0.4 is 0 Å². The number of nitrogens with zero attached hydrogens (tertiary/aromatic N) is 1. The summed E-state index contributed by atoms with van der Waals surface area (Å²) in [5, 5.41) is 9.15. The third-order valence-corrected chi connectivity index (χ3v) is 3.41. The molecule has 1 aliphatic heterocycles. The van der Waals surface area contributed by atoms with Crippen LogP contribution in [0.3, 0.4) is 0 Å². The van der Waals surface area contributed by atoms with E-state index in [9.17, 15) is 9.59 Å². The number of hydrogen-bond donors (Lipinski definition) is 1. The van der Waals surface area contributed by atoms with E-state index in [1.807, 2.05) is 0 Å². The van der Waals surface area contributed by atoms with E-state index in [1.165, 1.54) is 4.90 Å². The monoisotopic (exact) mass is 253 g/mol. The average Bonchev–Trinajstić information content (AvgIpc) is 2.73. The van der Waals surface area contributed by atoms with Crippen molar-refractivity contribution in [2.45, 2.75) is 51.7 Å². The Morgan fingerprint density at radius 2 is 2.11 bits per heavy atom. The van der Waals surface area contributed by atoms with Crippen LogP contribution in [0.25, 0.3) is 0 Å². The number of ether oxygens (including phenoxy) is 1. The molecule has 1 saturated heterocycles. The van der Waals surface area contributed by atoms with Crippen molar-refractivity contribution in [1.29, 1.82) is 0 Å². The molecule has 2 amide bonds. The number of rotatable bonds is 0. The van der Waals surface area contributed by atoms with Crippen molar-refractivity contribution in [1.82, 2.24) is 4.90 Å². The summed E-state index contributed by atoms with van der Waals surface area (Å²) in [7, 11) is 0. The molecular weight excluding hydrogens is 234 g/mol. The largest absolute Gasteiger partial charge is 0.515 e. The lowest BCUT2D eigenvalue weighted by molar-refractivity contribution is -0.125. The Morgan fingerprint density at radius 3 is 2.67 bits per heavy atom. The van der Waals surface area contributed by atoms with Crippen molar-refractivity contribution in [2.75, 3.05) is 0 Å². The maximum atomic E-state index is 12.1. The molecule has 1 heterocycles. The van der Waals surface area contributed by atoms with Gasteiger partial charge in [-0.15, -0.1) is 0 Å². The molecule has 2 rings (SSSR count). The van der Waals surface area contributed by atoms with Crippen LogP contribution in [0.2, 0.25) is 0 Å². The Kier molecular flexibility index (Phi) is 3.09. The van der Waals surface area contributed by atoms with Gasteiger partial charge < -0.3 is 9.84 Å². The van der Waals surface area contributed by atoms with Crippen LogP contribution >= 0.6 is 0 Å². The van der Waals surface area contributed by atoms with Gasteiger partial charge in [-0.05, 0) is 33.6 Å². The molecule has 1 unspecified atom stereocenters. The minimum absolute atomic E-state index is 0.0324. The highest BCUT2D eigenvalue weighted by molar-refractivity contribution is 6.05. The average molecular weight is 253 g/mol. The third kappa shape index (κ3) is 2.09. The lowest BCUT2D eigenvalue weighted by Crippen LogP contribution is -2.42. The summed E-state index contributed by atoms with van der Waals surface area (Å²) in [6.07, 6.45) is 2.81. The number of carbonyl (C=O) groups excluding carboxylic acids is 2. The van der Waals surface area contributed by atoms with Gasteiger partial charge in [0, 0.05) is 5.92 Å². The highest BCUT2D eigenvalue weighted by atomic mass is 16.6. The Morgan fingerprint density at radius 1 is 1.44 bits per heavy atom. The molecule has 0 aromatic rings. The highest BCUT2D eigenvalue weighted by Gasteiger charge is 2.50. The fourth-order valence-electron chi connectivity index (χ4n) is 2.74. The summed E-state index contributed by atoms with van der Waals surface area (Å²) in [5.41, 5.74) is -0.291. The smallest absolute Gasteiger partial charge is 0.417 e. The first-order valence-corrected chi connectivity index (χ1v) is 6.26. The van der Waals surface area contributed by atoms with E-state index in [4.69, 9.17) is 9.84 Å². The zero-order chi connectivity index (χ0) is 13.5. The van der Waals surface area contributed by atoms with Crippen molar-refractivity contribution in [2.24, 2.45) is 5.92 Å². The summed E-state index contributed by atoms with van der Waals surface area (Å²) in [4.78, 5) is 25.3. The van der Waals surface area contributed by atoms with Crippen LogP contribution in [-0.2, 0) is 9.53 Å². The van der Waals surface area contributed by atoms with Crippen LogP contribution in [-0.4, -0.2) is 33.6 Å². The fourth-order valence-corrected chi connectivity index (χ4v) is 2.74. The van der Waals surface area contributed by atoms with Crippen LogP contribution in [0.4, 0.5) is 4.79 Å². The summed E-state index contributed by atoms with van der Waals surface area (Å²) in [6.45, 7) is 5.29. The van der Waals surface area contributed by atoms with Gasteiger partial charge in [0.25, 0.3) is 5.91 Å². The van der Waals surface area contributed by atoms with E-state index < -0.39 is 17.6 Å². The summed E-state index contributed by atoms with van der Waals surface area (Å²) >= 11 is 0. The van der Waals surface area contributed by atoms with Gasteiger partial charge in [0.05, 0.1) is 17.9 Å². The summed E-state index contributed by atoms with van der Waals surface area (Å²) in [6, 6.07) is -0.147. The molecule has 2 aliphatic rings. The summed E-state index contributed by atoms with van der Waals surface area (Å²) < 4.78 is 5.25. The quantitative estimate of drug-likeness (QED) is 0.531. The van der Waals surface area contributed by atoms with E-state index in [2.05, 4.69) is 0 Å². The zero-order valence-electron chi connectivity index (χ0n) is 11.0. The first-order chi connectivity index (χ1) is 8.35. The van der Waals surface area contributed by atoms with Gasteiger partial charge in [-0.3, -0.25) is 4.79 Å². The second-order valence-electron chi connectivity index (χ2n) is 5.84. The predicted octanol–water partition coefficient (Wildman–Crippen LogP) is 2.37. The van der Waals surface area contributed by atoms with Gasteiger partial charge in [0.15, 0.2) is 0 Å². The van der Waals surface area contributed by atoms with Crippen LogP contribution in [0.1, 0.15) is 40.0 Å². The third-order valence-electron chi connectivity index (χ3n) is 3.41. The van der Waals surface area contributed by atoms with Crippen LogP contribution in [0, 0.1) is 5.92 Å². The number of fused-ring (bicyclic) bond motifs is 1. The number of amides is 2. The SMILES string of the molecule is CC(C)(C)OC(=O)N1C(=O)/C(=C/O)[C@H]2CCCC21. The highest BCUT2D eigenvalue weighted by Crippen LogP contribution is 2.42. The number of hydrogen-bond acceptors (Lipinski definition) is 4. The summed E-state index contributed by atoms with van der Waals surface area (Å²) in [5.74, 6) is -0.448. The molecule has 0 aromatic heterocycles. The van der Waals surface area contributed by atoms with Crippen molar-refractivity contribution in [3.05, 3.63) is 11.8 Å². The van der Waals surface area contributed by atoms with Crippen LogP contribution in [0.5, 0.6) is 0 Å². The van der Waals surface area contributed by atoms with Gasteiger partial charge in [-0.25, -0.2) is 9.69 Å². The number of aliphatic hydroxyl groups excluding tert-OH is 1. The number of likely N-dealkylation sites (tertiary alicyclic amines) is 1. The Bertz CT molecular complexity index is 408. The fraction of sp³-hybridized carbons (Fsp3) is 0.692. The molecule has 1 aliphatic carbocycles. The molecule has 18 heavy (non-hydrogen) atoms. The van der Waals surface area contributed by atoms with Crippen LogP contribution in [0.15, 0.2) is 11.8 Å². The van der Waals surface area contributed by atoms with E-state index in [-0.39, 0.29) is 12.0 Å². The number of carbonyl (C=O) groups is 2. The second-order valence-corrected chi connectivity index (χ2v) is 5.84. The van der Waals surface area contributed by atoms with Crippen molar-refractivity contribution >= 4 is 12.0 Å². The molecule has 0 radical (unpaired) electrons. The normalized spacial score (nSPS) is 29.8. The molecule has 0 bridgehead atoms. The maximum Gasteiger partial charge on any atom is 0.417 e. The van der Waals surface area contributed by atoms with E-state index in [0.717, 1.165) is 25.5 Å². The molecule has 1 saturated carbocycles. The molecule has 100 valence electrons. The molecule has 5 nitrogen and oxygen atoms in total. The molecule has 0 aromatic carbocycles. The van der Waals surface area contributed by atoms with Crippen molar-refractivity contribution < 1.29 is 19.4 Å². The molecule has 5 heteroatoms. The molecular formula is C13H19NO4. The van der Waals surface area contributed by atoms with Gasteiger partial charge in [0.1, 0.15) is 5.60 Å². The standard InChI is InChI=1S/C13H19NO4/c1-13(2,3)18-12(17)14-10-6-4-5-8(10)9(7-15)11(14)16/h7-8,10,15H,4-6H2,1-3H3/b9-7+/t8-,10?/m1/s1. The lowest BCUT2D eigenvalue weighted by Gasteiger charge is -2.26. The Hall–Kier alpha value is -1.52. The van der Waals surface area contributed by atoms with Crippen molar-refractivity contribution in [3.8, 4) is 0 Å². The van der Waals surface area contributed by atoms with Crippen molar-refractivity contribution in [3.63, 3.8) is 0 Å². The molecule has 0 spiro atoms. The minimum atomic E-state index is -0.628. The van der Waals surface area contributed by atoms with E-state index >= 15 is 0 Å². The van der Waals surface area contributed by atoms with Gasteiger partial charge >= 0.3 is 6.09 Å². The zero-order valence-corrected chi connectivity index (χ0v) is 11.0. The first kappa shape index (κ1) is 12.9. The minimum Gasteiger partial charge on any atom is -0.515 e. The van der Waals surface area contributed by atoms with Gasteiger partial charge in [-0.1, -0.05) is 6.42 Å². The van der Waals surface area contributed by atoms with E-state index in [0.29, 0.717) is 5.57 Å². The second kappa shape index (κ2) is 4.30. The van der Waals surface area contributed by atoms with E-state index in [1.54, 1.807) is 20.8 Å². The van der Waals surface area contributed by atoms with Gasteiger partial charge in [-0.2, -0.15) is 0 Å². The lowest BCUT2D eigenvalue weighted by atomic mass is 10.00. The Balaban J connectivity index is 2.22. The molecule has 1 N–H and O–H groups in total. The van der Waals surface area contributed by atoms with Gasteiger partial charge in [0.2, 0.25) is 0 Å². The molecule has 2 fully saturated rings. The number of imide groups is 1. The maximum absolute atomic E-state index is 12.1. The number of aliphatic hydroxyl groups is 1. The topological polar surface area (TPSA) is 66.8 Å². The Labute approximate surface area is 106 Å². The first-order valence-electron chi connectivity index (χ1n) is 6.26. The predicted molar refractivity (Wildman–Crippen MR) is 64.9 cm³/mol. The molecule has 2 atom stereocenters.